The van der Waals surface area contributed by atoms with Crippen LogP contribution in [0.15, 0.2) is 16.3 Å². The van der Waals surface area contributed by atoms with Crippen LogP contribution in [0.4, 0.5) is 0 Å². The summed E-state index contributed by atoms with van der Waals surface area (Å²) in [5.74, 6) is -0.451. The van der Waals surface area contributed by atoms with Gasteiger partial charge in [-0.3, -0.25) is 4.79 Å². The molecule has 0 aliphatic carbocycles. The zero-order valence-electron chi connectivity index (χ0n) is 13.8. The first-order chi connectivity index (χ1) is 10.7. The summed E-state index contributed by atoms with van der Waals surface area (Å²) >= 11 is 1.26. The van der Waals surface area contributed by atoms with Gasteiger partial charge in [-0.15, -0.1) is 11.3 Å². The Hall–Kier alpha value is -0.960. The molecule has 6 nitrogen and oxygen atoms in total. The van der Waals surface area contributed by atoms with Crippen LogP contribution in [0, 0.1) is 12.8 Å². The Morgan fingerprint density at radius 1 is 1.48 bits per heavy atom. The van der Waals surface area contributed by atoms with Crippen LogP contribution in [0.5, 0.6) is 0 Å². The third kappa shape index (κ3) is 4.32. The molecular formula is C15H25N3O3S2. The van der Waals surface area contributed by atoms with Crippen LogP contribution in [-0.4, -0.2) is 43.8 Å². The van der Waals surface area contributed by atoms with Crippen LogP contribution in [0.1, 0.15) is 31.6 Å². The maximum Gasteiger partial charge on any atom is 0.252 e. The minimum Gasteiger partial charge on any atom is -0.350 e. The molecule has 1 fully saturated rings. The molecule has 1 saturated heterocycles. The molecule has 0 aromatic carbocycles. The van der Waals surface area contributed by atoms with Gasteiger partial charge in [-0.05, 0) is 45.7 Å². The monoisotopic (exact) mass is 359 g/mol. The molecular weight excluding hydrogens is 334 g/mol. The minimum atomic E-state index is -3.51. The maximum absolute atomic E-state index is 12.7. The molecule has 1 aromatic rings. The predicted molar refractivity (Wildman–Crippen MR) is 91.8 cm³/mol. The number of rotatable bonds is 5. The normalized spacial score (nSPS) is 20.4. The van der Waals surface area contributed by atoms with Gasteiger partial charge in [0.25, 0.3) is 10.0 Å². The molecule has 1 aliphatic heterocycles. The van der Waals surface area contributed by atoms with Gasteiger partial charge in [-0.2, -0.15) is 4.31 Å². The molecule has 1 unspecified atom stereocenters. The SMILES string of the molecule is Cc1ccc(S(=O)(=O)N2CCCC(C(=O)NC(C)(C)CN)C2)s1. The summed E-state index contributed by atoms with van der Waals surface area (Å²) in [5, 5.41) is 2.91. The topological polar surface area (TPSA) is 92.5 Å². The minimum absolute atomic E-state index is 0.122. The molecule has 3 N–H and O–H groups in total. The first-order valence-corrected chi connectivity index (χ1v) is 10.00. The fourth-order valence-corrected chi connectivity index (χ4v) is 5.50. The predicted octanol–water partition coefficient (Wildman–Crippen LogP) is 1.31. The van der Waals surface area contributed by atoms with Gasteiger partial charge in [-0.25, -0.2) is 8.42 Å². The smallest absolute Gasteiger partial charge is 0.252 e. The molecule has 1 aromatic heterocycles. The van der Waals surface area contributed by atoms with Crippen molar-refractivity contribution < 1.29 is 13.2 Å². The fraction of sp³-hybridized carbons (Fsp3) is 0.667. The van der Waals surface area contributed by atoms with E-state index in [1.165, 1.54) is 15.6 Å². The zero-order valence-corrected chi connectivity index (χ0v) is 15.5. The lowest BCUT2D eigenvalue weighted by atomic mass is 9.96. The van der Waals surface area contributed by atoms with E-state index in [2.05, 4.69) is 5.32 Å². The molecule has 0 saturated carbocycles. The summed E-state index contributed by atoms with van der Waals surface area (Å²) in [6.07, 6.45) is 1.38. The Bertz CT molecular complexity index is 667. The van der Waals surface area contributed by atoms with Crippen LogP contribution in [0.2, 0.25) is 0 Å². The Kier molecular flexibility index (Phi) is 5.50. The van der Waals surface area contributed by atoms with Gasteiger partial charge >= 0.3 is 0 Å². The van der Waals surface area contributed by atoms with E-state index in [1.807, 2.05) is 20.8 Å². The third-order valence-electron chi connectivity index (χ3n) is 4.04. The van der Waals surface area contributed by atoms with Gasteiger partial charge in [0.1, 0.15) is 4.21 Å². The van der Waals surface area contributed by atoms with Crippen molar-refractivity contribution in [2.75, 3.05) is 19.6 Å². The number of hydrogen-bond donors (Lipinski definition) is 2. The Morgan fingerprint density at radius 2 is 2.17 bits per heavy atom. The Morgan fingerprint density at radius 3 is 2.74 bits per heavy atom. The molecule has 0 radical (unpaired) electrons. The quantitative estimate of drug-likeness (QED) is 0.829. The van der Waals surface area contributed by atoms with Crippen LogP contribution < -0.4 is 11.1 Å². The first-order valence-electron chi connectivity index (χ1n) is 7.74. The molecule has 1 atom stereocenters. The molecule has 23 heavy (non-hydrogen) atoms. The lowest BCUT2D eigenvalue weighted by Crippen LogP contribution is -2.53. The zero-order chi connectivity index (χ0) is 17.3. The molecule has 0 spiro atoms. The van der Waals surface area contributed by atoms with Crippen LogP contribution in [0.25, 0.3) is 0 Å². The highest BCUT2D eigenvalue weighted by atomic mass is 32.2. The van der Waals surface area contributed by atoms with E-state index < -0.39 is 15.6 Å². The van der Waals surface area contributed by atoms with Crippen molar-refractivity contribution in [3.63, 3.8) is 0 Å². The average molecular weight is 360 g/mol. The average Bonchev–Trinajstić information content (AvgIpc) is 2.94. The lowest BCUT2D eigenvalue weighted by molar-refractivity contribution is -0.127. The van der Waals surface area contributed by atoms with Crippen molar-refractivity contribution in [1.29, 1.82) is 0 Å². The molecule has 130 valence electrons. The summed E-state index contributed by atoms with van der Waals surface area (Å²) in [5.41, 5.74) is 5.16. The van der Waals surface area contributed by atoms with E-state index in [0.717, 1.165) is 4.88 Å². The first kappa shape index (κ1) is 18.4. The second-order valence-corrected chi connectivity index (χ2v) is 10.1. The van der Waals surface area contributed by atoms with Crippen LogP contribution >= 0.6 is 11.3 Å². The number of nitrogens with zero attached hydrogens (tertiary/aromatic N) is 1. The van der Waals surface area contributed by atoms with Gasteiger partial charge in [-0.1, -0.05) is 0 Å². The molecule has 2 rings (SSSR count). The number of carbonyl (C=O) groups excluding carboxylic acids is 1. The van der Waals surface area contributed by atoms with Gasteiger partial charge in [0, 0.05) is 30.1 Å². The van der Waals surface area contributed by atoms with E-state index in [-0.39, 0.29) is 18.4 Å². The molecule has 8 heteroatoms. The van der Waals surface area contributed by atoms with Crippen molar-refractivity contribution in [3.8, 4) is 0 Å². The second-order valence-electron chi connectivity index (χ2n) is 6.64. The van der Waals surface area contributed by atoms with E-state index in [1.54, 1.807) is 12.1 Å². The fourth-order valence-electron chi connectivity index (χ4n) is 2.54. The number of piperidine rings is 1. The summed E-state index contributed by atoms with van der Waals surface area (Å²) in [7, 11) is -3.51. The summed E-state index contributed by atoms with van der Waals surface area (Å²) < 4.78 is 27.2. The van der Waals surface area contributed by atoms with Gasteiger partial charge in [0.05, 0.1) is 5.92 Å². The third-order valence-corrected chi connectivity index (χ3v) is 7.37. The second kappa shape index (κ2) is 6.88. The molecule has 1 aliphatic rings. The molecule has 1 amide bonds. The number of nitrogens with two attached hydrogens (primary N) is 1. The number of carbonyl (C=O) groups is 1. The van der Waals surface area contributed by atoms with Gasteiger partial charge in [0.2, 0.25) is 5.91 Å². The highest BCUT2D eigenvalue weighted by Crippen LogP contribution is 2.28. The van der Waals surface area contributed by atoms with Crippen LogP contribution in [-0.2, 0) is 14.8 Å². The standard InChI is InChI=1S/C15H25N3O3S2/c1-11-6-7-13(22-11)23(20,21)18-8-4-5-12(9-18)14(19)17-15(2,3)10-16/h6-7,12H,4-5,8-10,16H2,1-3H3,(H,17,19). The lowest BCUT2D eigenvalue weighted by Gasteiger charge is -2.33. The van der Waals surface area contributed by atoms with Crippen molar-refractivity contribution in [2.24, 2.45) is 11.7 Å². The van der Waals surface area contributed by atoms with Gasteiger partial charge < -0.3 is 11.1 Å². The summed E-state index contributed by atoms with van der Waals surface area (Å²) in [6.45, 7) is 6.62. The van der Waals surface area contributed by atoms with Crippen molar-refractivity contribution in [2.45, 2.75) is 43.4 Å². The number of sulfonamides is 1. The number of aryl methyl sites for hydroxylation is 1. The summed E-state index contributed by atoms with van der Waals surface area (Å²) in [6, 6.07) is 3.44. The number of thiophene rings is 1. The Labute approximate surface area is 142 Å². The summed E-state index contributed by atoms with van der Waals surface area (Å²) in [4.78, 5) is 13.4. The van der Waals surface area contributed by atoms with E-state index in [4.69, 9.17) is 5.73 Å². The number of hydrogen-bond acceptors (Lipinski definition) is 5. The van der Waals surface area contributed by atoms with E-state index in [0.29, 0.717) is 30.1 Å². The van der Waals surface area contributed by atoms with Crippen LogP contribution in [0.3, 0.4) is 0 Å². The van der Waals surface area contributed by atoms with Gasteiger partial charge in [0.15, 0.2) is 0 Å². The number of nitrogens with one attached hydrogen (secondary N) is 1. The highest BCUT2D eigenvalue weighted by molar-refractivity contribution is 7.91. The van der Waals surface area contributed by atoms with Crippen molar-refractivity contribution in [1.82, 2.24) is 9.62 Å². The largest absolute Gasteiger partial charge is 0.350 e. The number of amides is 1. The molecule has 0 bridgehead atoms. The molecule has 2 heterocycles. The van der Waals surface area contributed by atoms with Crippen molar-refractivity contribution in [3.05, 3.63) is 17.0 Å². The Balaban J connectivity index is 2.10. The van der Waals surface area contributed by atoms with Crippen molar-refractivity contribution >= 4 is 27.3 Å². The maximum atomic E-state index is 12.7. The highest BCUT2D eigenvalue weighted by Gasteiger charge is 2.35. The van der Waals surface area contributed by atoms with E-state index >= 15 is 0 Å². The van der Waals surface area contributed by atoms with E-state index in [9.17, 15) is 13.2 Å².